The largest absolute Gasteiger partial charge is 0.481 e. The summed E-state index contributed by atoms with van der Waals surface area (Å²) >= 11 is 0. The Hall–Kier alpha value is -1.75. The summed E-state index contributed by atoms with van der Waals surface area (Å²) in [5.41, 5.74) is 1.17. The number of fused-ring (bicyclic) bond motifs is 1. The molecular formula is C13H17NO4. The maximum absolute atomic E-state index is 10.4. The smallest absolute Gasteiger partial charge is 0.304 e. The van der Waals surface area contributed by atoms with Crippen LogP contribution in [0.2, 0.25) is 0 Å². The van der Waals surface area contributed by atoms with Crippen molar-refractivity contribution >= 4 is 5.97 Å². The summed E-state index contributed by atoms with van der Waals surface area (Å²) in [5.74, 6) is 0.823. The second-order valence-electron chi connectivity index (χ2n) is 4.38. The number of likely N-dealkylation sites (N-methyl/N-ethyl adjacent to an activating group) is 1. The van der Waals surface area contributed by atoms with Crippen LogP contribution in [-0.2, 0) is 11.2 Å². The maximum Gasteiger partial charge on any atom is 0.304 e. The Morgan fingerprint density at radius 1 is 1.33 bits per heavy atom. The molecule has 98 valence electrons. The van der Waals surface area contributed by atoms with Gasteiger partial charge < -0.3 is 19.5 Å². The molecule has 1 aliphatic heterocycles. The van der Waals surface area contributed by atoms with Crippen molar-refractivity contribution in [3.63, 3.8) is 0 Å². The SMILES string of the molecule is CN(CCC(=O)O)CCc1ccc2c(c1)OCO2. The average molecular weight is 251 g/mol. The number of carbonyl (C=O) groups is 1. The number of aliphatic carboxylic acids is 1. The molecule has 5 heteroatoms. The Labute approximate surface area is 106 Å². The van der Waals surface area contributed by atoms with Crippen molar-refractivity contribution in [3.8, 4) is 11.5 Å². The minimum atomic E-state index is -0.759. The maximum atomic E-state index is 10.4. The standard InChI is InChI=1S/C13H17NO4/c1-14(7-5-13(15)16)6-4-10-2-3-11-12(8-10)18-9-17-11/h2-3,8H,4-7,9H2,1H3,(H,15,16). The number of carboxylic acid groups (broad SMARTS) is 1. The van der Waals surface area contributed by atoms with Gasteiger partial charge >= 0.3 is 5.97 Å². The van der Waals surface area contributed by atoms with Gasteiger partial charge in [0.05, 0.1) is 6.42 Å². The molecule has 1 aromatic rings. The lowest BCUT2D eigenvalue weighted by molar-refractivity contribution is -0.137. The van der Waals surface area contributed by atoms with E-state index in [1.807, 2.05) is 30.1 Å². The van der Waals surface area contributed by atoms with Crippen LogP contribution in [-0.4, -0.2) is 42.9 Å². The van der Waals surface area contributed by atoms with Gasteiger partial charge in [-0.2, -0.15) is 0 Å². The van der Waals surface area contributed by atoms with E-state index in [4.69, 9.17) is 14.6 Å². The highest BCUT2D eigenvalue weighted by molar-refractivity contribution is 5.66. The number of nitrogens with zero attached hydrogens (tertiary/aromatic N) is 1. The zero-order valence-electron chi connectivity index (χ0n) is 10.4. The van der Waals surface area contributed by atoms with Crippen LogP contribution in [0.1, 0.15) is 12.0 Å². The molecule has 0 unspecified atom stereocenters. The van der Waals surface area contributed by atoms with Gasteiger partial charge in [-0.25, -0.2) is 0 Å². The molecule has 1 N–H and O–H groups in total. The number of rotatable bonds is 6. The van der Waals surface area contributed by atoms with Crippen molar-refractivity contribution in [2.75, 3.05) is 26.9 Å². The van der Waals surface area contributed by atoms with E-state index in [-0.39, 0.29) is 13.2 Å². The quantitative estimate of drug-likeness (QED) is 0.827. The highest BCUT2D eigenvalue weighted by Gasteiger charge is 2.13. The number of benzene rings is 1. The molecule has 5 nitrogen and oxygen atoms in total. The van der Waals surface area contributed by atoms with Gasteiger partial charge in [0, 0.05) is 13.1 Å². The molecule has 2 rings (SSSR count). The summed E-state index contributed by atoms with van der Waals surface area (Å²) in [5, 5.41) is 8.60. The highest BCUT2D eigenvalue weighted by Crippen LogP contribution is 2.32. The fourth-order valence-corrected chi connectivity index (χ4v) is 1.81. The van der Waals surface area contributed by atoms with Crippen molar-refractivity contribution < 1.29 is 19.4 Å². The molecule has 0 aromatic heterocycles. The molecule has 18 heavy (non-hydrogen) atoms. The van der Waals surface area contributed by atoms with Crippen LogP contribution >= 0.6 is 0 Å². The molecular weight excluding hydrogens is 234 g/mol. The molecule has 1 aliphatic rings. The second-order valence-corrected chi connectivity index (χ2v) is 4.38. The van der Waals surface area contributed by atoms with Crippen LogP contribution in [0.4, 0.5) is 0 Å². The predicted molar refractivity (Wildman–Crippen MR) is 66.0 cm³/mol. The van der Waals surface area contributed by atoms with Gasteiger partial charge in [0.25, 0.3) is 0 Å². The third kappa shape index (κ3) is 3.37. The average Bonchev–Trinajstić information content (AvgIpc) is 2.81. The van der Waals surface area contributed by atoms with Crippen LogP contribution in [0.25, 0.3) is 0 Å². The van der Waals surface area contributed by atoms with E-state index in [0.717, 1.165) is 24.5 Å². The lowest BCUT2D eigenvalue weighted by Crippen LogP contribution is -2.24. The summed E-state index contributed by atoms with van der Waals surface area (Å²) in [6, 6.07) is 5.90. The van der Waals surface area contributed by atoms with E-state index in [2.05, 4.69) is 0 Å². The Kier molecular flexibility index (Phi) is 4.04. The van der Waals surface area contributed by atoms with Gasteiger partial charge in [-0.1, -0.05) is 6.07 Å². The first-order valence-corrected chi connectivity index (χ1v) is 5.94. The van der Waals surface area contributed by atoms with E-state index in [0.29, 0.717) is 6.54 Å². The van der Waals surface area contributed by atoms with Crippen LogP contribution in [0.3, 0.4) is 0 Å². The Bertz CT molecular complexity index is 433. The van der Waals surface area contributed by atoms with Gasteiger partial charge in [-0.15, -0.1) is 0 Å². The highest BCUT2D eigenvalue weighted by atomic mass is 16.7. The second kappa shape index (κ2) is 5.73. The van der Waals surface area contributed by atoms with E-state index in [1.54, 1.807) is 0 Å². The van der Waals surface area contributed by atoms with Crippen molar-refractivity contribution in [2.45, 2.75) is 12.8 Å². The lowest BCUT2D eigenvalue weighted by Gasteiger charge is -2.15. The molecule has 1 heterocycles. The van der Waals surface area contributed by atoms with E-state index in [1.165, 1.54) is 5.56 Å². The molecule has 0 bridgehead atoms. The number of carboxylic acids is 1. The number of hydrogen-bond acceptors (Lipinski definition) is 4. The normalized spacial score (nSPS) is 13.0. The molecule has 0 saturated heterocycles. The minimum Gasteiger partial charge on any atom is -0.481 e. The van der Waals surface area contributed by atoms with Crippen molar-refractivity contribution in [1.82, 2.24) is 4.90 Å². The van der Waals surface area contributed by atoms with Gasteiger partial charge in [0.1, 0.15) is 0 Å². The summed E-state index contributed by atoms with van der Waals surface area (Å²) in [7, 11) is 1.93. The fourth-order valence-electron chi connectivity index (χ4n) is 1.81. The molecule has 0 atom stereocenters. The van der Waals surface area contributed by atoms with Gasteiger partial charge in [0.15, 0.2) is 11.5 Å². The Morgan fingerprint density at radius 2 is 2.11 bits per heavy atom. The number of ether oxygens (including phenoxy) is 2. The van der Waals surface area contributed by atoms with Crippen LogP contribution < -0.4 is 9.47 Å². The van der Waals surface area contributed by atoms with Crippen molar-refractivity contribution in [1.29, 1.82) is 0 Å². The van der Waals surface area contributed by atoms with Crippen LogP contribution in [0, 0.1) is 0 Å². The van der Waals surface area contributed by atoms with Crippen molar-refractivity contribution in [2.24, 2.45) is 0 Å². The first kappa shape index (κ1) is 12.7. The number of hydrogen-bond donors (Lipinski definition) is 1. The zero-order chi connectivity index (χ0) is 13.0. The monoisotopic (exact) mass is 251 g/mol. The summed E-state index contributed by atoms with van der Waals surface area (Å²) in [4.78, 5) is 12.5. The van der Waals surface area contributed by atoms with E-state index in [9.17, 15) is 4.79 Å². The third-order valence-electron chi connectivity index (χ3n) is 2.93. The van der Waals surface area contributed by atoms with Crippen LogP contribution in [0.5, 0.6) is 11.5 Å². The molecule has 1 aromatic carbocycles. The van der Waals surface area contributed by atoms with Gasteiger partial charge in [-0.05, 0) is 31.2 Å². The van der Waals surface area contributed by atoms with Gasteiger partial charge in [0.2, 0.25) is 6.79 Å². The van der Waals surface area contributed by atoms with E-state index < -0.39 is 5.97 Å². The zero-order valence-corrected chi connectivity index (χ0v) is 10.4. The topological polar surface area (TPSA) is 59.0 Å². The summed E-state index contributed by atoms with van der Waals surface area (Å²) < 4.78 is 10.6. The van der Waals surface area contributed by atoms with E-state index >= 15 is 0 Å². The predicted octanol–water partition coefficient (Wildman–Crippen LogP) is 1.36. The summed E-state index contributed by atoms with van der Waals surface area (Å²) in [6.07, 6.45) is 1.05. The fraction of sp³-hybridized carbons (Fsp3) is 0.462. The first-order valence-electron chi connectivity index (χ1n) is 5.94. The van der Waals surface area contributed by atoms with Crippen molar-refractivity contribution in [3.05, 3.63) is 23.8 Å². The van der Waals surface area contributed by atoms with Crippen LogP contribution in [0.15, 0.2) is 18.2 Å². The van der Waals surface area contributed by atoms with Gasteiger partial charge in [-0.3, -0.25) is 4.79 Å². The molecule has 0 amide bonds. The Balaban J connectivity index is 1.81. The Morgan fingerprint density at radius 3 is 2.89 bits per heavy atom. The first-order chi connectivity index (χ1) is 8.65. The lowest BCUT2D eigenvalue weighted by atomic mass is 10.1. The molecule has 0 aliphatic carbocycles. The minimum absolute atomic E-state index is 0.178. The molecule has 0 radical (unpaired) electrons. The third-order valence-corrected chi connectivity index (χ3v) is 2.93. The molecule has 0 spiro atoms. The summed E-state index contributed by atoms with van der Waals surface area (Å²) in [6.45, 7) is 1.68. The molecule has 0 saturated carbocycles. The molecule has 0 fully saturated rings.